The Morgan fingerprint density at radius 2 is 2.13 bits per heavy atom. The Morgan fingerprint density at radius 3 is 2.93 bits per heavy atom. The Kier molecular flexibility index (Phi) is 1.51. The summed E-state index contributed by atoms with van der Waals surface area (Å²) in [6, 6.07) is 7.87. The lowest BCUT2D eigenvalue weighted by Crippen LogP contribution is -2.29. The fourth-order valence-corrected chi connectivity index (χ4v) is 2.19. The third-order valence-corrected chi connectivity index (χ3v) is 2.82. The van der Waals surface area contributed by atoms with Gasteiger partial charge in [-0.1, -0.05) is 36.4 Å². The number of fused-ring (bicyclic) bond motifs is 2. The van der Waals surface area contributed by atoms with Crippen molar-refractivity contribution in [3.63, 3.8) is 0 Å². The Labute approximate surface area is 86.3 Å². The maximum Gasteiger partial charge on any atom is 0.415 e. The van der Waals surface area contributed by atoms with E-state index in [4.69, 9.17) is 5.11 Å². The lowest BCUT2D eigenvalue weighted by molar-refractivity contribution is 0.177. The zero-order valence-corrected chi connectivity index (χ0v) is 7.92. The van der Waals surface area contributed by atoms with E-state index >= 15 is 0 Å². The van der Waals surface area contributed by atoms with Gasteiger partial charge >= 0.3 is 6.09 Å². The number of nitrogens with zero attached hydrogens (tertiary/aromatic N) is 1. The lowest BCUT2D eigenvalue weighted by atomic mass is 10.1. The molecule has 0 saturated carbocycles. The van der Waals surface area contributed by atoms with Crippen LogP contribution >= 0.6 is 0 Å². The molecule has 3 nitrogen and oxygen atoms in total. The van der Waals surface area contributed by atoms with E-state index < -0.39 is 6.09 Å². The summed E-state index contributed by atoms with van der Waals surface area (Å²) < 4.78 is 0. The first kappa shape index (κ1) is 8.29. The van der Waals surface area contributed by atoms with Crippen LogP contribution in [0.1, 0.15) is 0 Å². The summed E-state index contributed by atoms with van der Waals surface area (Å²) in [5.74, 6) is 0.124. The summed E-state index contributed by atoms with van der Waals surface area (Å²) in [7, 11) is 0. The Hall–Kier alpha value is -2.03. The van der Waals surface area contributed by atoms with Crippen LogP contribution in [0.4, 0.5) is 4.79 Å². The van der Waals surface area contributed by atoms with Gasteiger partial charge in [0.2, 0.25) is 0 Å². The largest absolute Gasteiger partial charge is 0.464 e. The molecule has 74 valence electrons. The fourth-order valence-electron chi connectivity index (χ4n) is 2.19. The summed E-state index contributed by atoms with van der Waals surface area (Å²) in [5, 5.41) is 11.2. The van der Waals surface area contributed by atoms with Gasteiger partial charge in [-0.3, -0.25) is 4.90 Å². The molecule has 1 aliphatic carbocycles. The van der Waals surface area contributed by atoms with Crippen molar-refractivity contribution >= 4 is 17.9 Å². The van der Waals surface area contributed by atoms with Gasteiger partial charge in [0.25, 0.3) is 0 Å². The van der Waals surface area contributed by atoms with E-state index in [-0.39, 0.29) is 5.92 Å². The molecule has 1 aromatic carbocycles. The third-order valence-electron chi connectivity index (χ3n) is 2.82. The second-order valence-electron chi connectivity index (χ2n) is 3.66. The van der Waals surface area contributed by atoms with Gasteiger partial charge < -0.3 is 5.11 Å². The monoisotopic (exact) mass is 199 g/mol. The van der Waals surface area contributed by atoms with Crippen LogP contribution in [-0.2, 0) is 0 Å². The van der Waals surface area contributed by atoms with Crippen molar-refractivity contribution in [2.75, 3.05) is 0 Å². The second-order valence-corrected chi connectivity index (χ2v) is 3.66. The molecule has 3 rings (SSSR count). The van der Waals surface area contributed by atoms with E-state index in [9.17, 15) is 4.79 Å². The number of carboxylic acid groups (broad SMARTS) is 1. The highest BCUT2D eigenvalue weighted by Gasteiger charge is 2.28. The summed E-state index contributed by atoms with van der Waals surface area (Å²) in [5.41, 5.74) is 0.859. The number of benzene rings is 1. The lowest BCUT2D eigenvalue weighted by Gasteiger charge is -2.12. The smallest absolute Gasteiger partial charge is 0.415 e. The summed E-state index contributed by atoms with van der Waals surface area (Å²) in [6.07, 6.45) is 4.69. The minimum Gasteiger partial charge on any atom is -0.464 e. The molecule has 0 aromatic heterocycles. The summed E-state index contributed by atoms with van der Waals surface area (Å²) in [4.78, 5) is 12.3. The number of hydrogen-bond acceptors (Lipinski definition) is 1. The molecule has 1 N–H and O–H groups in total. The molecular weight excluding hydrogens is 190 g/mol. The van der Waals surface area contributed by atoms with E-state index in [0.29, 0.717) is 0 Å². The first-order valence-electron chi connectivity index (χ1n) is 4.79. The maximum atomic E-state index is 11.0. The molecule has 0 saturated heterocycles. The van der Waals surface area contributed by atoms with E-state index in [0.717, 1.165) is 16.1 Å². The van der Waals surface area contributed by atoms with Crippen LogP contribution in [0.5, 0.6) is 0 Å². The number of rotatable bonds is 0. The van der Waals surface area contributed by atoms with Crippen molar-refractivity contribution in [1.82, 2.24) is 4.90 Å². The minimum atomic E-state index is -0.922. The highest BCUT2D eigenvalue weighted by atomic mass is 16.4. The molecule has 1 atom stereocenters. The Bertz CT molecular complexity index is 586. The van der Waals surface area contributed by atoms with Crippen molar-refractivity contribution in [3.05, 3.63) is 47.0 Å². The summed E-state index contributed by atoms with van der Waals surface area (Å²) >= 11 is 0. The van der Waals surface area contributed by atoms with Crippen LogP contribution in [0.25, 0.3) is 11.8 Å². The van der Waals surface area contributed by atoms with Gasteiger partial charge in [-0.25, -0.2) is 4.79 Å². The zero-order valence-electron chi connectivity index (χ0n) is 7.92. The van der Waals surface area contributed by atoms with Gasteiger partial charge in [-0.15, -0.1) is 0 Å². The highest BCUT2D eigenvalue weighted by molar-refractivity contribution is 5.83. The van der Waals surface area contributed by atoms with Crippen molar-refractivity contribution in [1.29, 1.82) is 0 Å². The zero-order chi connectivity index (χ0) is 10.4. The second kappa shape index (κ2) is 2.73. The first-order chi connectivity index (χ1) is 7.27. The van der Waals surface area contributed by atoms with Crippen LogP contribution in [0, 0.1) is 5.92 Å². The fraction of sp³-hybridized carbons (Fsp3) is 0.0833. The van der Waals surface area contributed by atoms with E-state index in [1.54, 1.807) is 6.20 Å². The van der Waals surface area contributed by atoms with Gasteiger partial charge in [-0.05, 0) is 5.22 Å². The van der Waals surface area contributed by atoms with Gasteiger partial charge in [0.05, 0.1) is 0 Å². The number of carbonyl (C=O) groups is 1. The van der Waals surface area contributed by atoms with Crippen LogP contribution in [0.15, 0.2) is 36.5 Å². The maximum absolute atomic E-state index is 11.0. The predicted octanol–water partition coefficient (Wildman–Crippen LogP) is 0.712. The number of hydrogen-bond donors (Lipinski definition) is 1. The molecule has 1 unspecified atom stereocenters. The van der Waals surface area contributed by atoms with Crippen LogP contribution in [-0.4, -0.2) is 16.1 Å². The van der Waals surface area contributed by atoms with Crippen molar-refractivity contribution < 1.29 is 9.90 Å². The topological polar surface area (TPSA) is 40.5 Å². The molecule has 1 heterocycles. The average molecular weight is 199 g/mol. The molecule has 0 fully saturated rings. The Balaban J connectivity index is 2.31. The van der Waals surface area contributed by atoms with E-state index in [2.05, 4.69) is 6.08 Å². The molecule has 15 heavy (non-hydrogen) atoms. The summed E-state index contributed by atoms with van der Waals surface area (Å²) in [6.45, 7) is 0. The normalized spacial score (nSPS) is 21.2. The van der Waals surface area contributed by atoms with Crippen molar-refractivity contribution in [2.45, 2.75) is 0 Å². The minimum absolute atomic E-state index is 0.124. The van der Waals surface area contributed by atoms with E-state index in [1.165, 1.54) is 4.90 Å². The van der Waals surface area contributed by atoms with Crippen LogP contribution in [0.3, 0.4) is 0 Å². The molecule has 0 radical (unpaired) electrons. The number of amides is 1. The molecule has 2 aliphatic rings. The molecule has 1 aliphatic heterocycles. The molecule has 1 amide bonds. The third kappa shape index (κ3) is 1.03. The average Bonchev–Trinajstić information content (AvgIpc) is 2.74. The SMILES string of the molecule is O=C(O)N1C=CC2C=c3ccccc3=C21. The molecule has 3 heteroatoms. The molecule has 0 bridgehead atoms. The van der Waals surface area contributed by atoms with Crippen molar-refractivity contribution in [3.8, 4) is 0 Å². The predicted molar refractivity (Wildman–Crippen MR) is 56.1 cm³/mol. The van der Waals surface area contributed by atoms with Crippen molar-refractivity contribution in [2.24, 2.45) is 5.92 Å². The van der Waals surface area contributed by atoms with E-state index in [1.807, 2.05) is 30.3 Å². The van der Waals surface area contributed by atoms with Gasteiger partial charge in [0.1, 0.15) is 0 Å². The first-order valence-corrected chi connectivity index (χ1v) is 4.79. The van der Waals surface area contributed by atoms with Crippen LogP contribution in [0.2, 0.25) is 0 Å². The van der Waals surface area contributed by atoms with Gasteiger partial charge in [-0.2, -0.15) is 0 Å². The highest BCUT2D eigenvalue weighted by Crippen LogP contribution is 2.28. The van der Waals surface area contributed by atoms with Gasteiger partial charge in [0.15, 0.2) is 0 Å². The quantitative estimate of drug-likeness (QED) is 0.668. The Morgan fingerprint density at radius 1 is 1.33 bits per heavy atom. The molecule has 1 aromatic rings. The van der Waals surface area contributed by atoms with Crippen LogP contribution < -0.4 is 10.4 Å². The van der Waals surface area contributed by atoms with Gasteiger partial charge in [0, 0.05) is 23.0 Å². The molecule has 0 spiro atoms. The molecular formula is C12H9NO2. The standard InChI is InChI=1S/C12H9NO2/c14-12(15)13-6-5-9-7-8-3-1-2-4-10(8)11(9)13/h1-7,9H,(H,14,15).